The van der Waals surface area contributed by atoms with Crippen LogP contribution >= 0.6 is 0 Å². The first kappa shape index (κ1) is 13.5. The van der Waals surface area contributed by atoms with Crippen LogP contribution in [-0.4, -0.2) is 18.9 Å². The van der Waals surface area contributed by atoms with E-state index in [1.54, 1.807) is 12.1 Å². The van der Waals surface area contributed by atoms with Crippen LogP contribution in [0.15, 0.2) is 36.4 Å². The average Bonchev–Trinajstić information content (AvgIpc) is 2.55. The van der Waals surface area contributed by atoms with Crippen LogP contribution < -0.4 is 4.90 Å². The van der Waals surface area contributed by atoms with Crippen molar-refractivity contribution in [2.75, 3.05) is 18.0 Å². The topological polar surface area (TPSA) is 20.3 Å². The van der Waals surface area contributed by atoms with Gasteiger partial charge in [0.2, 0.25) is 0 Å². The van der Waals surface area contributed by atoms with E-state index in [1.807, 2.05) is 12.1 Å². The fourth-order valence-corrected chi connectivity index (χ4v) is 3.70. The Labute approximate surface area is 129 Å². The van der Waals surface area contributed by atoms with Crippen LogP contribution in [0.1, 0.15) is 39.9 Å². The van der Waals surface area contributed by atoms with E-state index in [2.05, 4.69) is 4.90 Å². The van der Waals surface area contributed by atoms with Gasteiger partial charge in [0.1, 0.15) is 5.82 Å². The molecule has 3 heteroatoms. The van der Waals surface area contributed by atoms with Gasteiger partial charge in [-0.25, -0.2) is 4.39 Å². The summed E-state index contributed by atoms with van der Waals surface area (Å²) in [5.41, 5.74) is 5.26. The van der Waals surface area contributed by atoms with Gasteiger partial charge < -0.3 is 4.90 Å². The highest BCUT2D eigenvalue weighted by atomic mass is 19.1. The Kier molecular flexibility index (Phi) is 3.21. The van der Waals surface area contributed by atoms with Crippen molar-refractivity contribution < 1.29 is 9.18 Å². The lowest BCUT2D eigenvalue weighted by Gasteiger charge is -2.37. The number of rotatable bonds is 2. The lowest BCUT2D eigenvalue weighted by molar-refractivity contribution is 0.103. The molecule has 0 atom stereocenters. The van der Waals surface area contributed by atoms with Crippen molar-refractivity contribution in [3.05, 3.63) is 64.5 Å². The smallest absolute Gasteiger partial charge is 0.193 e. The summed E-state index contributed by atoms with van der Waals surface area (Å²) in [5, 5.41) is 0. The number of anilines is 1. The quantitative estimate of drug-likeness (QED) is 0.786. The second kappa shape index (κ2) is 5.24. The standard InChI is InChI=1S/C19H18FNO/c20-17-7-5-13(6-8-17)19(22)16-11-14-3-1-9-21-10-2-4-15(12-16)18(14)21/h5-8,11-12H,1-4,9-10H2. The Bertz CT molecular complexity index is 705. The van der Waals surface area contributed by atoms with Crippen LogP contribution in [0.4, 0.5) is 10.1 Å². The van der Waals surface area contributed by atoms with E-state index in [0.29, 0.717) is 5.56 Å². The van der Waals surface area contributed by atoms with E-state index in [-0.39, 0.29) is 11.6 Å². The fraction of sp³-hybridized carbons (Fsp3) is 0.316. The molecule has 4 rings (SSSR count). The maximum Gasteiger partial charge on any atom is 0.193 e. The van der Waals surface area contributed by atoms with Crippen LogP contribution in [0, 0.1) is 5.82 Å². The Balaban J connectivity index is 1.77. The van der Waals surface area contributed by atoms with E-state index < -0.39 is 0 Å². The van der Waals surface area contributed by atoms with Gasteiger partial charge in [-0.1, -0.05) is 0 Å². The summed E-state index contributed by atoms with van der Waals surface area (Å²) in [7, 11) is 0. The van der Waals surface area contributed by atoms with Crippen molar-refractivity contribution >= 4 is 11.5 Å². The molecular formula is C19H18FNO. The normalized spacial score (nSPS) is 16.3. The van der Waals surface area contributed by atoms with Crippen molar-refractivity contribution in [1.82, 2.24) is 0 Å². The number of benzene rings is 2. The lowest BCUT2D eigenvalue weighted by atomic mass is 9.88. The molecule has 0 bridgehead atoms. The van der Waals surface area contributed by atoms with Crippen LogP contribution in [0.3, 0.4) is 0 Å². The van der Waals surface area contributed by atoms with E-state index in [0.717, 1.165) is 44.3 Å². The molecule has 2 aromatic rings. The molecule has 22 heavy (non-hydrogen) atoms. The van der Waals surface area contributed by atoms with Crippen LogP contribution in [0.25, 0.3) is 0 Å². The molecule has 0 saturated heterocycles. The first-order valence-electron chi connectivity index (χ1n) is 7.93. The van der Waals surface area contributed by atoms with Gasteiger partial charge in [0.05, 0.1) is 0 Å². The van der Waals surface area contributed by atoms with Gasteiger partial charge in [-0.05, 0) is 73.2 Å². The monoisotopic (exact) mass is 295 g/mol. The third-order valence-electron chi connectivity index (χ3n) is 4.70. The molecule has 2 aromatic carbocycles. The Morgan fingerprint density at radius 1 is 0.909 bits per heavy atom. The molecular weight excluding hydrogens is 277 g/mol. The SMILES string of the molecule is O=C(c1ccc(F)cc1)c1cc2c3c(c1)CCCN3CCC2. The van der Waals surface area contributed by atoms with Crippen LogP contribution in [-0.2, 0) is 12.8 Å². The minimum atomic E-state index is -0.312. The summed E-state index contributed by atoms with van der Waals surface area (Å²) in [6.45, 7) is 2.26. The number of carbonyl (C=O) groups is 1. The van der Waals surface area contributed by atoms with E-state index in [1.165, 1.54) is 28.9 Å². The summed E-state index contributed by atoms with van der Waals surface area (Å²) in [4.78, 5) is 15.1. The van der Waals surface area contributed by atoms with Gasteiger partial charge >= 0.3 is 0 Å². The number of hydrogen-bond donors (Lipinski definition) is 0. The highest BCUT2D eigenvalue weighted by Crippen LogP contribution is 2.36. The molecule has 2 aliphatic rings. The third-order valence-corrected chi connectivity index (χ3v) is 4.70. The minimum Gasteiger partial charge on any atom is -0.371 e. The molecule has 2 nitrogen and oxygen atoms in total. The number of nitrogens with zero attached hydrogens (tertiary/aromatic N) is 1. The Morgan fingerprint density at radius 2 is 1.50 bits per heavy atom. The summed E-state index contributed by atoms with van der Waals surface area (Å²) in [6.07, 6.45) is 4.40. The van der Waals surface area contributed by atoms with Gasteiger partial charge in [-0.15, -0.1) is 0 Å². The summed E-state index contributed by atoms with van der Waals surface area (Å²) >= 11 is 0. The van der Waals surface area contributed by atoms with Gasteiger partial charge in [0.25, 0.3) is 0 Å². The molecule has 0 radical (unpaired) electrons. The second-order valence-corrected chi connectivity index (χ2v) is 6.17. The lowest BCUT2D eigenvalue weighted by Crippen LogP contribution is -2.34. The summed E-state index contributed by atoms with van der Waals surface area (Å²) in [6, 6.07) is 9.91. The number of hydrogen-bond acceptors (Lipinski definition) is 2. The van der Waals surface area contributed by atoms with Gasteiger partial charge in [-0.2, -0.15) is 0 Å². The van der Waals surface area contributed by atoms with Crippen molar-refractivity contribution in [3.63, 3.8) is 0 Å². The molecule has 0 fully saturated rings. The Hall–Kier alpha value is -2.16. The van der Waals surface area contributed by atoms with Crippen molar-refractivity contribution in [3.8, 4) is 0 Å². The molecule has 0 unspecified atom stereocenters. The number of aryl methyl sites for hydroxylation is 2. The molecule has 2 heterocycles. The molecule has 112 valence electrons. The summed E-state index contributed by atoms with van der Waals surface area (Å²) < 4.78 is 13.0. The molecule has 0 spiro atoms. The minimum absolute atomic E-state index is 0.0123. The summed E-state index contributed by atoms with van der Waals surface area (Å²) in [5.74, 6) is -0.325. The largest absolute Gasteiger partial charge is 0.371 e. The Morgan fingerprint density at radius 3 is 2.09 bits per heavy atom. The number of halogens is 1. The first-order valence-corrected chi connectivity index (χ1v) is 7.93. The average molecular weight is 295 g/mol. The number of ketones is 1. The van der Waals surface area contributed by atoms with Crippen molar-refractivity contribution in [1.29, 1.82) is 0 Å². The maximum absolute atomic E-state index is 13.0. The molecule has 0 aliphatic carbocycles. The van der Waals surface area contributed by atoms with Crippen molar-refractivity contribution in [2.24, 2.45) is 0 Å². The van der Waals surface area contributed by atoms with E-state index >= 15 is 0 Å². The fourth-order valence-electron chi connectivity index (χ4n) is 3.70. The zero-order valence-corrected chi connectivity index (χ0v) is 12.4. The zero-order chi connectivity index (χ0) is 15.1. The van der Waals surface area contributed by atoms with Crippen LogP contribution in [0.5, 0.6) is 0 Å². The molecule has 0 aromatic heterocycles. The van der Waals surface area contributed by atoms with Gasteiger partial charge in [0, 0.05) is 29.9 Å². The molecule has 0 N–H and O–H groups in total. The van der Waals surface area contributed by atoms with E-state index in [4.69, 9.17) is 0 Å². The molecule has 0 saturated carbocycles. The second-order valence-electron chi connectivity index (χ2n) is 6.17. The molecule has 0 amide bonds. The predicted octanol–water partition coefficient (Wildman–Crippen LogP) is 3.76. The highest BCUT2D eigenvalue weighted by Gasteiger charge is 2.25. The van der Waals surface area contributed by atoms with Crippen molar-refractivity contribution in [2.45, 2.75) is 25.7 Å². The third kappa shape index (κ3) is 2.21. The first-order chi connectivity index (χ1) is 10.7. The zero-order valence-electron chi connectivity index (χ0n) is 12.4. The highest BCUT2D eigenvalue weighted by molar-refractivity contribution is 6.09. The van der Waals surface area contributed by atoms with E-state index in [9.17, 15) is 9.18 Å². The predicted molar refractivity (Wildman–Crippen MR) is 85.1 cm³/mol. The van der Waals surface area contributed by atoms with Crippen LogP contribution in [0.2, 0.25) is 0 Å². The maximum atomic E-state index is 13.0. The van der Waals surface area contributed by atoms with Gasteiger partial charge in [0.15, 0.2) is 5.78 Å². The number of carbonyl (C=O) groups excluding carboxylic acids is 1. The molecule has 2 aliphatic heterocycles. The van der Waals surface area contributed by atoms with Gasteiger partial charge in [-0.3, -0.25) is 4.79 Å².